The average Bonchev–Trinajstić information content (AvgIpc) is 2.96. The summed E-state index contributed by atoms with van der Waals surface area (Å²) in [6.07, 6.45) is 4.25. The van der Waals surface area contributed by atoms with Crippen LogP contribution in [-0.4, -0.2) is 12.5 Å². The highest BCUT2D eigenvalue weighted by Gasteiger charge is 2.22. The van der Waals surface area contributed by atoms with Gasteiger partial charge in [0.2, 0.25) is 0 Å². The van der Waals surface area contributed by atoms with Crippen LogP contribution in [0.25, 0.3) is 0 Å². The first kappa shape index (κ1) is 17.9. The van der Waals surface area contributed by atoms with Crippen LogP contribution in [-0.2, 0) is 17.6 Å². The smallest absolute Gasteiger partial charge is 0.280 e. The van der Waals surface area contributed by atoms with E-state index in [1.165, 1.54) is 4.88 Å². The molecule has 130 valence electrons. The van der Waals surface area contributed by atoms with E-state index < -0.39 is 0 Å². The monoisotopic (exact) mass is 374 g/mol. The number of hydrogen-bond donors (Lipinski definition) is 2. The van der Waals surface area contributed by atoms with E-state index in [2.05, 4.69) is 11.4 Å². The zero-order chi connectivity index (χ0) is 17.8. The van der Waals surface area contributed by atoms with E-state index in [0.29, 0.717) is 22.1 Å². The zero-order valence-corrected chi connectivity index (χ0v) is 15.7. The summed E-state index contributed by atoms with van der Waals surface area (Å²) in [6.45, 7) is 2.35. The van der Waals surface area contributed by atoms with E-state index in [0.717, 1.165) is 36.8 Å². The largest absolute Gasteiger partial charge is 0.333 e. The van der Waals surface area contributed by atoms with Gasteiger partial charge in [0.15, 0.2) is 6.54 Å². The second-order valence-electron chi connectivity index (χ2n) is 6.36. The van der Waals surface area contributed by atoms with Gasteiger partial charge in [0.05, 0.1) is 5.56 Å². The number of amides is 1. The van der Waals surface area contributed by atoms with Gasteiger partial charge in [-0.1, -0.05) is 23.7 Å². The number of rotatable bonds is 5. The fraction of sp³-hybridized carbons (Fsp3) is 0.368. The van der Waals surface area contributed by atoms with Crippen LogP contribution in [0.2, 0.25) is 5.02 Å². The van der Waals surface area contributed by atoms with Crippen molar-refractivity contribution in [2.75, 3.05) is 11.9 Å². The lowest BCUT2D eigenvalue weighted by atomic mass is 9.96. The molecule has 6 heteroatoms. The third-order valence-electron chi connectivity index (χ3n) is 4.57. The number of thiophene rings is 1. The lowest BCUT2D eigenvalue weighted by Gasteiger charge is -2.11. The molecule has 0 unspecified atom stereocenters. The number of benzene rings is 1. The van der Waals surface area contributed by atoms with Gasteiger partial charge in [-0.05, 0) is 50.3 Å². The Morgan fingerprint density at radius 1 is 1.44 bits per heavy atom. The van der Waals surface area contributed by atoms with Crippen molar-refractivity contribution in [2.24, 2.45) is 0 Å². The van der Waals surface area contributed by atoms with Crippen molar-refractivity contribution in [1.29, 1.82) is 5.26 Å². The van der Waals surface area contributed by atoms with E-state index in [1.54, 1.807) is 11.3 Å². The first-order valence-electron chi connectivity index (χ1n) is 8.51. The van der Waals surface area contributed by atoms with Crippen LogP contribution in [0.5, 0.6) is 0 Å². The number of nitrogens with zero attached hydrogens (tertiary/aromatic N) is 1. The molecule has 0 fully saturated rings. The summed E-state index contributed by atoms with van der Waals surface area (Å²) < 4.78 is 0. The van der Waals surface area contributed by atoms with Crippen LogP contribution in [0.3, 0.4) is 0 Å². The van der Waals surface area contributed by atoms with Crippen molar-refractivity contribution in [3.8, 4) is 6.07 Å². The molecule has 1 amide bonds. The number of aryl methyl sites for hydroxylation is 1. The van der Waals surface area contributed by atoms with Gasteiger partial charge >= 0.3 is 0 Å². The SMILES string of the molecule is C[C@H]([NH2+]CC(=O)Nc1sc2c(c1C#N)CCCC2)c1cccc(Cl)c1. The van der Waals surface area contributed by atoms with E-state index in [4.69, 9.17) is 11.6 Å². The normalized spacial score (nSPS) is 14.4. The Balaban J connectivity index is 1.62. The van der Waals surface area contributed by atoms with Gasteiger partial charge in [-0.2, -0.15) is 5.26 Å². The van der Waals surface area contributed by atoms with Crippen LogP contribution in [0.15, 0.2) is 24.3 Å². The molecule has 0 saturated carbocycles. The highest BCUT2D eigenvalue weighted by molar-refractivity contribution is 7.16. The van der Waals surface area contributed by atoms with Crippen molar-refractivity contribution in [3.63, 3.8) is 0 Å². The Hall–Kier alpha value is -1.87. The van der Waals surface area contributed by atoms with E-state index in [1.807, 2.05) is 36.5 Å². The average molecular weight is 375 g/mol. The Bertz CT molecular complexity index is 825. The molecule has 25 heavy (non-hydrogen) atoms. The Kier molecular flexibility index (Phi) is 5.74. The van der Waals surface area contributed by atoms with Crippen LogP contribution in [0, 0.1) is 11.3 Å². The predicted molar refractivity (Wildman–Crippen MR) is 101 cm³/mol. The molecule has 0 saturated heterocycles. The molecule has 4 nitrogen and oxygen atoms in total. The maximum atomic E-state index is 12.3. The number of carbonyl (C=O) groups is 1. The molecule has 3 rings (SSSR count). The van der Waals surface area contributed by atoms with Crippen molar-refractivity contribution in [2.45, 2.75) is 38.6 Å². The minimum Gasteiger partial charge on any atom is -0.333 e. The standard InChI is InChI=1S/C19H20ClN3OS/c1-12(13-5-4-6-14(20)9-13)22-11-18(24)23-19-16(10-21)15-7-2-3-8-17(15)25-19/h4-6,9,12,22H,2-3,7-8,11H2,1H3,(H,23,24)/p+1/t12-/m0/s1. The number of nitrogens with one attached hydrogen (secondary N) is 1. The molecule has 1 heterocycles. The molecule has 0 bridgehead atoms. The molecule has 2 aromatic rings. The fourth-order valence-corrected chi connectivity index (χ4v) is 4.61. The zero-order valence-electron chi connectivity index (χ0n) is 14.1. The molecule has 0 spiro atoms. The third-order valence-corrected chi connectivity index (χ3v) is 6.01. The summed E-state index contributed by atoms with van der Waals surface area (Å²) in [5.41, 5.74) is 2.89. The molecule has 0 radical (unpaired) electrons. The van der Waals surface area contributed by atoms with Gasteiger partial charge in [0, 0.05) is 15.5 Å². The summed E-state index contributed by atoms with van der Waals surface area (Å²) in [5, 5.41) is 15.8. The number of quaternary nitrogens is 1. The van der Waals surface area contributed by atoms with Crippen LogP contribution < -0.4 is 10.6 Å². The highest BCUT2D eigenvalue weighted by Crippen LogP contribution is 2.37. The van der Waals surface area contributed by atoms with Crippen molar-refractivity contribution in [1.82, 2.24) is 0 Å². The summed E-state index contributed by atoms with van der Waals surface area (Å²) in [7, 11) is 0. The predicted octanol–water partition coefficient (Wildman–Crippen LogP) is 3.42. The van der Waals surface area contributed by atoms with Gasteiger partial charge < -0.3 is 10.6 Å². The molecular weight excluding hydrogens is 354 g/mol. The topological polar surface area (TPSA) is 69.5 Å². The van der Waals surface area contributed by atoms with E-state index in [-0.39, 0.29) is 11.9 Å². The van der Waals surface area contributed by atoms with Crippen molar-refractivity contribution < 1.29 is 10.1 Å². The fourth-order valence-electron chi connectivity index (χ4n) is 3.16. The first-order valence-corrected chi connectivity index (χ1v) is 9.71. The summed E-state index contributed by atoms with van der Waals surface area (Å²) in [4.78, 5) is 13.6. The number of fused-ring (bicyclic) bond motifs is 1. The Morgan fingerprint density at radius 2 is 2.24 bits per heavy atom. The van der Waals surface area contributed by atoms with E-state index in [9.17, 15) is 10.1 Å². The second kappa shape index (κ2) is 8.01. The molecule has 1 aromatic heterocycles. The Morgan fingerprint density at radius 3 is 3.00 bits per heavy atom. The van der Waals surface area contributed by atoms with Gasteiger partial charge in [-0.3, -0.25) is 4.79 Å². The number of nitrogens with two attached hydrogens (primary N) is 1. The molecule has 0 aliphatic heterocycles. The molecule has 1 aromatic carbocycles. The van der Waals surface area contributed by atoms with Crippen LogP contribution >= 0.6 is 22.9 Å². The molecule has 1 aliphatic rings. The molecule has 1 atom stereocenters. The first-order chi connectivity index (χ1) is 12.1. The number of carbonyl (C=O) groups excluding carboxylic acids is 1. The maximum Gasteiger partial charge on any atom is 0.280 e. The highest BCUT2D eigenvalue weighted by atomic mass is 35.5. The summed E-state index contributed by atoms with van der Waals surface area (Å²) in [6, 6.07) is 10.1. The van der Waals surface area contributed by atoms with Crippen molar-refractivity contribution >= 4 is 33.8 Å². The lowest BCUT2D eigenvalue weighted by Crippen LogP contribution is -2.86. The van der Waals surface area contributed by atoms with Crippen LogP contribution in [0.1, 0.15) is 47.4 Å². The van der Waals surface area contributed by atoms with Gasteiger partial charge in [-0.15, -0.1) is 11.3 Å². The third kappa shape index (κ3) is 4.21. The number of halogens is 1. The van der Waals surface area contributed by atoms with Crippen molar-refractivity contribution in [3.05, 3.63) is 50.9 Å². The number of nitriles is 1. The summed E-state index contributed by atoms with van der Waals surface area (Å²) in [5.74, 6) is -0.0797. The van der Waals surface area contributed by atoms with Gasteiger partial charge in [0.1, 0.15) is 17.1 Å². The minimum atomic E-state index is -0.0797. The quantitative estimate of drug-likeness (QED) is 0.841. The summed E-state index contributed by atoms with van der Waals surface area (Å²) >= 11 is 7.58. The van der Waals surface area contributed by atoms with E-state index >= 15 is 0 Å². The Labute approximate surface area is 156 Å². The molecule has 1 aliphatic carbocycles. The number of hydrogen-bond acceptors (Lipinski definition) is 3. The lowest BCUT2D eigenvalue weighted by molar-refractivity contribution is -0.682. The molecule has 3 N–H and O–H groups in total. The maximum absolute atomic E-state index is 12.3. The number of anilines is 1. The van der Waals surface area contributed by atoms with Crippen LogP contribution in [0.4, 0.5) is 5.00 Å². The minimum absolute atomic E-state index is 0.0797. The second-order valence-corrected chi connectivity index (χ2v) is 7.90. The van der Waals surface area contributed by atoms with Gasteiger partial charge in [0.25, 0.3) is 5.91 Å². The van der Waals surface area contributed by atoms with Gasteiger partial charge in [-0.25, -0.2) is 0 Å². The molecular formula is C19H21ClN3OS+.